The van der Waals surface area contributed by atoms with Crippen LogP contribution >= 0.6 is 15.9 Å². The van der Waals surface area contributed by atoms with Crippen LogP contribution in [-0.4, -0.2) is 29.6 Å². The largest absolute Gasteiger partial charge is 0.467 e. The molecule has 0 N–H and O–H groups in total. The maximum absolute atomic E-state index is 12.8. The fourth-order valence-electron chi connectivity index (χ4n) is 2.44. The van der Waals surface area contributed by atoms with Crippen molar-refractivity contribution in [2.75, 3.05) is 7.11 Å². The maximum Gasteiger partial charge on any atom is 0.411 e. The fraction of sp³-hybridized carbons (Fsp3) is 0.300. The van der Waals surface area contributed by atoms with E-state index < -0.39 is 17.6 Å². The van der Waals surface area contributed by atoms with Crippen LogP contribution in [0.3, 0.4) is 0 Å². The van der Waals surface area contributed by atoms with Gasteiger partial charge in [0, 0.05) is 4.47 Å². The van der Waals surface area contributed by atoms with Gasteiger partial charge in [0.1, 0.15) is 12.1 Å². The Kier molecular flexibility index (Phi) is 6.80. The lowest BCUT2D eigenvalue weighted by Crippen LogP contribution is -2.53. The van der Waals surface area contributed by atoms with E-state index in [0.717, 1.165) is 15.6 Å². The van der Waals surface area contributed by atoms with Crippen molar-refractivity contribution < 1.29 is 19.1 Å². The van der Waals surface area contributed by atoms with E-state index in [0.29, 0.717) is 0 Å². The molecule has 2 aromatic rings. The second-order valence-corrected chi connectivity index (χ2v) is 7.12. The lowest BCUT2D eigenvalue weighted by atomic mass is 10.0. The first-order valence-corrected chi connectivity index (χ1v) is 8.95. The Labute approximate surface area is 162 Å². The molecule has 0 unspecified atom stereocenters. The van der Waals surface area contributed by atoms with Crippen LogP contribution in [0.1, 0.15) is 25.0 Å². The van der Waals surface area contributed by atoms with Gasteiger partial charge in [-0.3, -0.25) is 4.90 Å². The highest BCUT2D eigenvalue weighted by Gasteiger charge is 2.40. The summed E-state index contributed by atoms with van der Waals surface area (Å²) in [6.07, 6.45) is -0.583. The summed E-state index contributed by atoms with van der Waals surface area (Å²) in [4.78, 5) is 26.4. The average Bonchev–Trinajstić information content (AvgIpc) is 2.65. The molecule has 0 fully saturated rings. The predicted molar refractivity (Wildman–Crippen MR) is 102 cm³/mol. The summed E-state index contributed by atoms with van der Waals surface area (Å²) in [5.74, 6) is -0.513. The first-order chi connectivity index (χ1) is 12.4. The summed E-state index contributed by atoms with van der Waals surface area (Å²) >= 11 is 3.48. The zero-order chi connectivity index (χ0) is 19.2. The molecule has 0 aliphatic rings. The van der Waals surface area contributed by atoms with E-state index in [9.17, 15) is 9.59 Å². The Balaban J connectivity index is 2.23. The summed E-state index contributed by atoms with van der Waals surface area (Å²) in [7, 11) is 1.30. The molecule has 2 rings (SSSR count). The van der Waals surface area contributed by atoms with Crippen molar-refractivity contribution in [3.63, 3.8) is 0 Å². The maximum atomic E-state index is 12.8. The molecule has 138 valence electrons. The zero-order valence-electron chi connectivity index (χ0n) is 15.1. The number of carbonyl (C=O) groups is 2. The molecule has 2 aromatic carbocycles. The van der Waals surface area contributed by atoms with E-state index in [1.807, 2.05) is 54.6 Å². The van der Waals surface area contributed by atoms with Crippen LogP contribution in [-0.2, 0) is 27.4 Å². The van der Waals surface area contributed by atoms with Gasteiger partial charge in [-0.1, -0.05) is 64.5 Å². The molecule has 26 heavy (non-hydrogen) atoms. The fourth-order valence-corrected chi connectivity index (χ4v) is 2.85. The van der Waals surface area contributed by atoms with Crippen molar-refractivity contribution >= 4 is 28.0 Å². The van der Waals surface area contributed by atoms with E-state index in [1.165, 1.54) is 12.0 Å². The Morgan fingerprint density at radius 1 is 1.04 bits per heavy atom. The van der Waals surface area contributed by atoms with E-state index in [4.69, 9.17) is 9.47 Å². The monoisotopic (exact) mass is 419 g/mol. The number of ether oxygens (including phenoxy) is 2. The topological polar surface area (TPSA) is 55.8 Å². The SMILES string of the molecule is COC(=O)C(C)(C)N(Cc1ccccc1Br)C(=O)OCc1ccccc1. The van der Waals surface area contributed by atoms with Crippen LogP contribution in [0.15, 0.2) is 59.1 Å². The van der Waals surface area contributed by atoms with Crippen LogP contribution in [0.2, 0.25) is 0 Å². The Bertz CT molecular complexity index is 761. The molecule has 0 radical (unpaired) electrons. The summed E-state index contributed by atoms with van der Waals surface area (Å²) in [6, 6.07) is 16.9. The molecule has 0 atom stereocenters. The van der Waals surface area contributed by atoms with Gasteiger partial charge >= 0.3 is 12.1 Å². The van der Waals surface area contributed by atoms with Gasteiger partial charge in [0.2, 0.25) is 0 Å². The van der Waals surface area contributed by atoms with Crippen molar-refractivity contribution in [1.82, 2.24) is 4.90 Å². The van der Waals surface area contributed by atoms with Crippen LogP contribution < -0.4 is 0 Å². The van der Waals surface area contributed by atoms with Gasteiger partial charge in [-0.15, -0.1) is 0 Å². The minimum Gasteiger partial charge on any atom is -0.467 e. The number of hydrogen-bond donors (Lipinski definition) is 0. The van der Waals surface area contributed by atoms with Crippen LogP contribution in [0.25, 0.3) is 0 Å². The van der Waals surface area contributed by atoms with Crippen molar-refractivity contribution in [3.05, 3.63) is 70.2 Å². The molecule has 0 bridgehead atoms. The third kappa shape index (κ3) is 4.85. The van der Waals surface area contributed by atoms with E-state index in [-0.39, 0.29) is 13.2 Å². The molecule has 0 aliphatic heterocycles. The summed E-state index contributed by atoms with van der Waals surface area (Å²) in [6.45, 7) is 3.61. The Morgan fingerprint density at radius 2 is 1.65 bits per heavy atom. The highest BCUT2D eigenvalue weighted by Crippen LogP contribution is 2.25. The van der Waals surface area contributed by atoms with Crippen molar-refractivity contribution in [3.8, 4) is 0 Å². The third-order valence-electron chi connectivity index (χ3n) is 4.07. The standard InChI is InChI=1S/C20H22BrNO4/c1-20(2,18(23)25-3)22(13-16-11-7-8-12-17(16)21)19(24)26-14-15-9-5-4-6-10-15/h4-12H,13-14H2,1-3H3. The number of benzene rings is 2. The van der Waals surface area contributed by atoms with Crippen molar-refractivity contribution in [1.29, 1.82) is 0 Å². The van der Waals surface area contributed by atoms with E-state index in [1.54, 1.807) is 13.8 Å². The average molecular weight is 420 g/mol. The number of rotatable bonds is 6. The van der Waals surface area contributed by atoms with Gasteiger partial charge in [0.15, 0.2) is 0 Å². The smallest absolute Gasteiger partial charge is 0.411 e. The van der Waals surface area contributed by atoms with Gasteiger partial charge in [-0.2, -0.15) is 0 Å². The van der Waals surface area contributed by atoms with Crippen LogP contribution in [0.5, 0.6) is 0 Å². The minimum atomic E-state index is -1.18. The Morgan fingerprint density at radius 3 is 2.27 bits per heavy atom. The summed E-state index contributed by atoms with van der Waals surface area (Å²) in [5.41, 5.74) is 0.552. The van der Waals surface area contributed by atoms with Gasteiger partial charge in [-0.25, -0.2) is 9.59 Å². The number of esters is 1. The molecule has 1 amide bonds. The quantitative estimate of drug-likeness (QED) is 0.644. The molecule has 6 heteroatoms. The van der Waals surface area contributed by atoms with Crippen molar-refractivity contribution in [2.24, 2.45) is 0 Å². The molecule has 0 aromatic heterocycles. The summed E-state index contributed by atoms with van der Waals surface area (Å²) < 4.78 is 11.2. The number of nitrogens with zero attached hydrogens (tertiary/aromatic N) is 1. The van der Waals surface area contributed by atoms with E-state index in [2.05, 4.69) is 15.9 Å². The van der Waals surface area contributed by atoms with Crippen molar-refractivity contribution in [2.45, 2.75) is 32.5 Å². The third-order valence-corrected chi connectivity index (χ3v) is 4.85. The number of halogens is 1. The Hall–Kier alpha value is -2.34. The number of methoxy groups -OCH3 is 1. The molecule has 0 aliphatic carbocycles. The molecular formula is C20H22BrNO4. The normalized spacial score (nSPS) is 10.9. The number of hydrogen-bond acceptors (Lipinski definition) is 4. The highest BCUT2D eigenvalue weighted by atomic mass is 79.9. The van der Waals surface area contributed by atoms with Gasteiger partial charge in [0.25, 0.3) is 0 Å². The molecule has 5 nitrogen and oxygen atoms in total. The van der Waals surface area contributed by atoms with Gasteiger partial charge < -0.3 is 9.47 Å². The lowest BCUT2D eigenvalue weighted by Gasteiger charge is -2.35. The van der Waals surface area contributed by atoms with E-state index >= 15 is 0 Å². The number of amides is 1. The van der Waals surface area contributed by atoms with Crippen LogP contribution in [0.4, 0.5) is 4.79 Å². The van der Waals surface area contributed by atoms with Gasteiger partial charge in [-0.05, 0) is 31.0 Å². The second-order valence-electron chi connectivity index (χ2n) is 6.27. The number of carbonyl (C=O) groups excluding carboxylic acids is 2. The molecule has 0 saturated carbocycles. The zero-order valence-corrected chi connectivity index (χ0v) is 16.7. The molecular weight excluding hydrogens is 398 g/mol. The molecule has 0 saturated heterocycles. The summed E-state index contributed by atoms with van der Waals surface area (Å²) in [5, 5.41) is 0. The second kappa shape index (κ2) is 8.85. The predicted octanol–water partition coefficient (Wildman–Crippen LogP) is 4.54. The lowest BCUT2D eigenvalue weighted by molar-refractivity contribution is -0.152. The van der Waals surface area contributed by atoms with Gasteiger partial charge in [0.05, 0.1) is 13.7 Å². The molecule has 0 spiro atoms. The first-order valence-electron chi connectivity index (χ1n) is 8.16. The highest BCUT2D eigenvalue weighted by molar-refractivity contribution is 9.10. The molecule has 0 heterocycles. The minimum absolute atomic E-state index is 0.128. The van der Waals surface area contributed by atoms with Crippen LogP contribution in [0, 0.1) is 0 Å². The first kappa shape index (κ1) is 20.0.